The van der Waals surface area contributed by atoms with Crippen LogP contribution < -0.4 is 0 Å². The molecule has 1 nitrogen and oxygen atoms in total. The van der Waals surface area contributed by atoms with Gasteiger partial charge in [0.25, 0.3) is 0 Å². The minimum Gasteiger partial charge on any atom is -0.389 e. The quantitative estimate of drug-likeness (QED) is 0.589. The van der Waals surface area contributed by atoms with Gasteiger partial charge in [-0.2, -0.15) is 0 Å². The maximum atomic E-state index is 10.5. The van der Waals surface area contributed by atoms with E-state index in [1.165, 1.54) is 19.3 Å². The van der Waals surface area contributed by atoms with Gasteiger partial charge in [-0.15, -0.1) is 0 Å². The first-order chi connectivity index (χ1) is 5.31. The fourth-order valence-electron chi connectivity index (χ4n) is 3.47. The van der Waals surface area contributed by atoms with Crippen LogP contribution in [0.2, 0.25) is 0 Å². The van der Waals surface area contributed by atoms with E-state index in [0.29, 0.717) is 0 Å². The smallest absolute Gasteiger partial charge is 0.0726 e. The molecule has 0 aromatic heterocycles. The Bertz CT molecular complexity index is 210. The van der Waals surface area contributed by atoms with Gasteiger partial charge in [-0.3, -0.25) is 0 Å². The van der Waals surface area contributed by atoms with E-state index in [9.17, 15) is 5.11 Å². The van der Waals surface area contributed by atoms with E-state index in [-0.39, 0.29) is 10.8 Å². The van der Waals surface area contributed by atoms with Crippen molar-refractivity contribution in [1.29, 1.82) is 0 Å². The molecule has 2 aliphatic rings. The van der Waals surface area contributed by atoms with Crippen LogP contribution in [0.1, 0.15) is 47.0 Å². The monoisotopic (exact) mass is 168 g/mol. The summed E-state index contributed by atoms with van der Waals surface area (Å²) in [5.74, 6) is 0.748. The fraction of sp³-hybridized carbons (Fsp3) is 1.00. The standard InChI is InChI=1S/C11H20O/c1-9(2)8-5-6-10(3,7-8)11(9,4)12/h8,12H,5-7H2,1-4H3/t8-,10+,11?/m1/s1. The van der Waals surface area contributed by atoms with Crippen molar-refractivity contribution in [2.75, 3.05) is 0 Å². The summed E-state index contributed by atoms with van der Waals surface area (Å²) < 4.78 is 0. The molecular formula is C11H20O. The van der Waals surface area contributed by atoms with Gasteiger partial charge in [-0.05, 0) is 42.9 Å². The molecule has 0 radical (unpaired) electrons. The molecule has 70 valence electrons. The van der Waals surface area contributed by atoms with E-state index >= 15 is 0 Å². The first kappa shape index (κ1) is 8.55. The summed E-state index contributed by atoms with van der Waals surface area (Å²) in [7, 11) is 0. The average Bonchev–Trinajstić information content (AvgIpc) is 2.36. The number of rotatable bonds is 0. The highest BCUT2D eigenvalue weighted by Gasteiger charge is 2.65. The number of hydrogen-bond acceptors (Lipinski definition) is 1. The van der Waals surface area contributed by atoms with Crippen LogP contribution in [0.3, 0.4) is 0 Å². The summed E-state index contributed by atoms with van der Waals surface area (Å²) in [5.41, 5.74) is -0.135. The Labute approximate surface area is 75.2 Å². The van der Waals surface area contributed by atoms with E-state index in [0.717, 1.165) is 5.92 Å². The Kier molecular flexibility index (Phi) is 1.35. The largest absolute Gasteiger partial charge is 0.389 e. The minimum absolute atomic E-state index is 0.125. The van der Waals surface area contributed by atoms with Crippen LogP contribution in [0.15, 0.2) is 0 Å². The molecule has 12 heavy (non-hydrogen) atoms. The fourth-order valence-corrected chi connectivity index (χ4v) is 3.47. The second-order valence-corrected chi connectivity index (χ2v) is 5.79. The lowest BCUT2D eigenvalue weighted by molar-refractivity contribution is -0.128. The molecule has 1 unspecified atom stereocenters. The molecule has 2 fully saturated rings. The number of aliphatic hydroxyl groups is 1. The SMILES string of the molecule is CC1(C)[C@@H]2CC[C@@](C)(C2)C1(C)O. The third-order valence-corrected chi connectivity index (χ3v) is 5.19. The van der Waals surface area contributed by atoms with Crippen molar-refractivity contribution in [3.05, 3.63) is 0 Å². The molecule has 1 heteroatoms. The van der Waals surface area contributed by atoms with E-state index < -0.39 is 5.60 Å². The van der Waals surface area contributed by atoms with Crippen molar-refractivity contribution in [3.8, 4) is 0 Å². The van der Waals surface area contributed by atoms with Gasteiger partial charge < -0.3 is 5.11 Å². The lowest BCUT2D eigenvalue weighted by Crippen LogP contribution is -2.51. The van der Waals surface area contributed by atoms with Crippen LogP contribution in [-0.4, -0.2) is 10.7 Å². The van der Waals surface area contributed by atoms with Crippen molar-refractivity contribution >= 4 is 0 Å². The Morgan fingerprint density at radius 2 is 1.75 bits per heavy atom. The highest BCUT2D eigenvalue weighted by atomic mass is 16.3. The Morgan fingerprint density at radius 1 is 1.17 bits per heavy atom. The van der Waals surface area contributed by atoms with Gasteiger partial charge in [-0.1, -0.05) is 20.8 Å². The Balaban J connectivity index is 2.46. The lowest BCUT2D eigenvalue weighted by atomic mass is 9.61. The van der Waals surface area contributed by atoms with E-state index in [1.807, 2.05) is 6.92 Å². The zero-order valence-corrected chi connectivity index (χ0v) is 8.65. The molecule has 0 spiro atoms. The van der Waals surface area contributed by atoms with Gasteiger partial charge in [0.15, 0.2) is 0 Å². The van der Waals surface area contributed by atoms with Crippen molar-refractivity contribution in [2.45, 2.75) is 52.6 Å². The van der Waals surface area contributed by atoms with Gasteiger partial charge in [0, 0.05) is 0 Å². The topological polar surface area (TPSA) is 20.2 Å². The number of hydrogen-bond donors (Lipinski definition) is 1. The molecule has 0 amide bonds. The molecule has 1 N–H and O–H groups in total. The highest BCUT2D eigenvalue weighted by Crippen LogP contribution is 2.67. The molecule has 2 rings (SSSR count). The maximum absolute atomic E-state index is 10.5. The molecular weight excluding hydrogens is 148 g/mol. The van der Waals surface area contributed by atoms with Crippen LogP contribution in [0, 0.1) is 16.7 Å². The van der Waals surface area contributed by atoms with Gasteiger partial charge in [-0.25, -0.2) is 0 Å². The molecule has 2 saturated carbocycles. The third-order valence-electron chi connectivity index (χ3n) is 5.19. The molecule has 2 bridgehead atoms. The summed E-state index contributed by atoms with van der Waals surface area (Å²) in [6, 6.07) is 0. The molecule has 0 saturated heterocycles. The van der Waals surface area contributed by atoms with E-state index in [1.54, 1.807) is 0 Å². The molecule has 0 aromatic rings. The normalized spacial score (nSPS) is 56.2. The van der Waals surface area contributed by atoms with Crippen LogP contribution >= 0.6 is 0 Å². The predicted octanol–water partition coefficient (Wildman–Crippen LogP) is 2.58. The Hall–Kier alpha value is -0.0400. The second-order valence-electron chi connectivity index (χ2n) is 5.79. The van der Waals surface area contributed by atoms with Crippen molar-refractivity contribution in [2.24, 2.45) is 16.7 Å². The molecule has 0 aromatic carbocycles. The molecule has 2 aliphatic carbocycles. The lowest BCUT2D eigenvalue weighted by Gasteiger charge is -2.48. The average molecular weight is 168 g/mol. The van der Waals surface area contributed by atoms with Crippen LogP contribution in [-0.2, 0) is 0 Å². The van der Waals surface area contributed by atoms with Gasteiger partial charge in [0.2, 0.25) is 0 Å². The Morgan fingerprint density at radius 3 is 2.00 bits per heavy atom. The summed E-state index contributed by atoms with van der Waals surface area (Å²) >= 11 is 0. The van der Waals surface area contributed by atoms with Crippen molar-refractivity contribution in [1.82, 2.24) is 0 Å². The summed E-state index contributed by atoms with van der Waals surface area (Å²) in [5, 5.41) is 10.5. The summed E-state index contributed by atoms with van der Waals surface area (Å²) in [6.07, 6.45) is 3.76. The molecule has 0 aliphatic heterocycles. The zero-order valence-electron chi connectivity index (χ0n) is 8.65. The van der Waals surface area contributed by atoms with Gasteiger partial charge in [0.1, 0.15) is 0 Å². The zero-order chi connectivity index (χ0) is 9.20. The first-order valence-electron chi connectivity index (χ1n) is 5.04. The van der Waals surface area contributed by atoms with Crippen LogP contribution in [0.4, 0.5) is 0 Å². The van der Waals surface area contributed by atoms with Crippen molar-refractivity contribution < 1.29 is 5.11 Å². The highest BCUT2D eigenvalue weighted by molar-refractivity contribution is 5.15. The van der Waals surface area contributed by atoms with Crippen LogP contribution in [0.25, 0.3) is 0 Å². The molecule has 0 heterocycles. The third kappa shape index (κ3) is 0.654. The summed E-state index contributed by atoms with van der Waals surface area (Å²) in [6.45, 7) is 8.73. The van der Waals surface area contributed by atoms with E-state index in [2.05, 4.69) is 20.8 Å². The first-order valence-corrected chi connectivity index (χ1v) is 5.04. The van der Waals surface area contributed by atoms with Gasteiger partial charge in [0.05, 0.1) is 5.60 Å². The van der Waals surface area contributed by atoms with Gasteiger partial charge >= 0.3 is 0 Å². The van der Waals surface area contributed by atoms with Crippen LogP contribution in [0.5, 0.6) is 0 Å². The number of fused-ring (bicyclic) bond motifs is 2. The predicted molar refractivity (Wildman–Crippen MR) is 49.9 cm³/mol. The van der Waals surface area contributed by atoms with E-state index in [4.69, 9.17) is 0 Å². The molecule has 3 atom stereocenters. The summed E-state index contributed by atoms with van der Waals surface area (Å²) in [4.78, 5) is 0. The second kappa shape index (κ2) is 1.89. The minimum atomic E-state index is -0.455. The maximum Gasteiger partial charge on any atom is 0.0726 e. The van der Waals surface area contributed by atoms with Crippen molar-refractivity contribution in [3.63, 3.8) is 0 Å².